The van der Waals surface area contributed by atoms with Crippen LogP contribution in [0.25, 0.3) is 0 Å². The Hall–Kier alpha value is -1.91. The molecule has 4 nitrogen and oxygen atoms in total. The Labute approximate surface area is 118 Å². The molecule has 1 unspecified atom stereocenters. The van der Waals surface area contributed by atoms with Gasteiger partial charge in [-0.25, -0.2) is 4.39 Å². The molecule has 108 valence electrons. The molecule has 5 heteroatoms. The molecule has 0 saturated carbocycles. The Kier molecular flexibility index (Phi) is 3.79. The zero-order valence-corrected chi connectivity index (χ0v) is 11.9. The van der Waals surface area contributed by atoms with Crippen molar-refractivity contribution >= 4 is 17.5 Å². The van der Waals surface area contributed by atoms with Crippen LogP contribution in [-0.4, -0.2) is 23.9 Å². The summed E-state index contributed by atoms with van der Waals surface area (Å²) in [5.41, 5.74) is 0.311. The van der Waals surface area contributed by atoms with E-state index in [0.29, 0.717) is 12.2 Å². The van der Waals surface area contributed by atoms with Gasteiger partial charge in [-0.2, -0.15) is 0 Å². The lowest BCUT2D eigenvalue weighted by Gasteiger charge is -2.23. The largest absolute Gasteiger partial charge is 0.351 e. The molecule has 1 aromatic carbocycles. The normalized spacial score (nSPS) is 19.3. The van der Waals surface area contributed by atoms with Gasteiger partial charge in [-0.3, -0.25) is 9.59 Å². The second-order valence-electron chi connectivity index (χ2n) is 6.12. The van der Waals surface area contributed by atoms with Crippen molar-refractivity contribution in [3.63, 3.8) is 0 Å². The first kappa shape index (κ1) is 14.5. The van der Waals surface area contributed by atoms with E-state index in [9.17, 15) is 14.0 Å². The lowest BCUT2D eigenvalue weighted by molar-refractivity contribution is -0.127. The summed E-state index contributed by atoms with van der Waals surface area (Å²) < 4.78 is 12.9. The highest BCUT2D eigenvalue weighted by Crippen LogP contribution is 2.25. The zero-order chi connectivity index (χ0) is 14.9. The third kappa shape index (κ3) is 3.35. The van der Waals surface area contributed by atoms with E-state index in [-0.39, 0.29) is 35.5 Å². The number of hydrogen-bond acceptors (Lipinski definition) is 2. The summed E-state index contributed by atoms with van der Waals surface area (Å²) in [6.07, 6.45) is 0.194. The van der Waals surface area contributed by atoms with Gasteiger partial charge in [-0.15, -0.1) is 0 Å². The van der Waals surface area contributed by atoms with E-state index in [1.165, 1.54) is 17.0 Å². The number of halogens is 1. The fourth-order valence-electron chi connectivity index (χ4n) is 2.23. The number of benzene rings is 1. The first-order valence-electron chi connectivity index (χ1n) is 6.64. The molecule has 1 aliphatic rings. The number of anilines is 1. The molecular weight excluding hydrogens is 259 g/mol. The van der Waals surface area contributed by atoms with Crippen LogP contribution < -0.4 is 10.2 Å². The number of nitrogens with one attached hydrogen (secondary N) is 1. The maximum atomic E-state index is 12.9. The number of nitrogens with zero attached hydrogens (tertiary/aromatic N) is 1. The quantitative estimate of drug-likeness (QED) is 0.900. The van der Waals surface area contributed by atoms with E-state index >= 15 is 0 Å². The van der Waals surface area contributed by atoms with Crippen molar-refractivity contribution in [2.24, 2.45) is 5.92 Å². The molecule has 0 aromatic heterocycles. The molecule has 1 atom stereocenters. The topological polar surface area (TPSA) is 49.4 Å². The summed E-state index contributed by atoms with van der Waals surface area (Å²) >= 11 is 0. The average molecular weight is 278 g/mol. The number of carbonyl (C=O) groups is 2. The van der Waals surface area contributed by atoms with E-state index < -0.39 is 0 Å². The highest BCUT2D eigenvalue weighted by molar-refractivity contribution is 6.00. The van der Waals surface area contributed by atoms with Gasteiger partial charge in [-0.1, -0.05) is 0 Å². The van der Waals surface area contributed by atoms with Gasteiger partial charge in [-0.05, 0) is 45.0 Å². The number of amides is 2. The molecule has 1 N–H and O–H groups in total. The third-order valence-electron chi connectivity index (χ3n) is 3.13. The van der Waals surface area contributed by atoms with Gasteiger partial charge in [0.15, 0.2) is 0 Å². The molecular formula is C15H19FN2O2. The molecule has 20 heavy (non-hydrogen) atoms. The van der Waals surface area contributed by atoms with E-state index in [4.69, 9.17) is 0 Å². The fourth-order valence-corrected chi connectivity index (χ4v) is 2.23. The van der Waals surface area contributed by atoms with Crippen molar-refractivity contribution < 1.29 is 14.0 Å². The summed E-state index contributed by atoms with van der Waals surface area (Å²) in [6.45, 7) is 6.05. The summed E-state index contributed by atoms with van der Waals surface area (Å²) in [5, 5.41) is 2.88. The van der Waals surface area contributed by atoms with Gasteiger partial charge < -0.3 is 10.2 Å². The van der Waals surface area contributed by atoms with Crippen molar-refractivity contribution in [1.29, 1.82) is 0 Å². The molecule has 1 heterocycles. The standard InChI is InChI=1S/C15H19FN2O2/c1-15(2,3)17-14(20)10-8-13(19)18(9-10)12-6-4-11(16)5-7-12/h4-7,10H,8-9H2,1-3H3,(H,17,20). The lowest BCUT2D eigenvalue weighted by Crippen LogP contribution is -2.44. The van der Waals surface area contributed by atoms with Gasteiger partial charge in [0.2, 0.25) is 11.8 Å². The Morgan fingerprint density at radius 1 is 1.30 bits per heavy atom. The second kappa shape index (κ2) is 5.23. The molecule has 1 saturated heterocycles. The minimum absolute atomic E-state index is 0.106. The van der Waals surface area contributed by atoms with E-state index in [2.05, 4.69) is 5.32 Å². The van der Waals surface area contributed by atoms with Gasteiger partial charge >= 0.3 is 0 Å². The number of carbonyl (C=O) groups excluding carboxylic acids is 2. The molecule has 0 aliphatic carbocycles. The lowest BCUT2D eigenvalue weighted by atomic mass is 10.0. The van der Waals surface area contributed by atoms with Crippen LogP contribution in [-0.2, 0) is 9.59 Å². The Morgan fingerprint density at radius 3 is 2.45 bits per heavy atom. The summed E-state index contributed by atoms with van der Waals surface area (Å²) in [7, 11) is 0. The van der Waals surface area contributed by atoms with Crippen LogP contribution in [0.1, 0.15) is 27.2 Å². The minimum Gasteiger partial charge on any atom is -0.351 e. The first-order chi connectivity index (χ1) is 9.26. The monoisotopic (exact) mass is 278 g/mol. The van der Waals surface area contributed by atoms with Crippen molar-refractivity contribution in [1.82, 2.24) is 5.32 Å². The summed E-state index contributed by atoms with van der Waals surface area (Å²) in [5.74, 6) is -0.921. The molecule has 1 aromatic rings. The van der Waals surface area contributed by atoms with Gasteiger partial charge in [0.25, 0.3) is 0 Å². The third-order valence-corrected chi connectivity index (χ3v) is 3.13. The average Bonchev–Trinajstić information content (AvgIpc) is 2.70. The van der Waals surface area contributed by atoms with Crippen molar-refractivity contribution in [3.05, 3.63) is 30.1 Å². The van der Waals surface area contributed by atoms with Crippen LogP contribution in [0.5, 0.6) is 0 Å². The van der Waals surface area contributed by atoms with Crippen LogP contribution in [0, 0.1) is 11.7 Å². The SMILES string of the molecule is CC(C)(C)NC(=O)C1CC(=O)N(c2ccc(F)cc2)C1. The number of hydrogen-bond donors (Lipinski definition) is 1. The van der Waals surface area contributed by atoms with Crippen molar-refractivity contribution in [2.75, 3.05) is 11.4 Å². The summed E-state index contributed by atoms with van der Waals surface area (Å²) in [4.78, 5) is 25.6. The maximum Gasteiger partial charge on any atom is 0.227 e. The Morgan fingerprint density at radius 2 is 1.90 bits per heavy atom. The van der Waals surface area contributed by atoms with E-state index in [1.807, 2.05) is 20.8 Å². The van der Waals surface area contributed by atoms with Gasteiger partial charge in [0.05, 0.1) is 5.92 Å². The highest BCUT2D eigenvalue weighted by atomic mass is 19.1. The van der Waals surface area contributed by atoms with E-state index in [1.54, 1.807) is 12.1 Å². The predicted molar refractivity (Wildman–Crippen MR) is 74.8 cm³/mol. The van der Waals surface area contributed by atoms with Crippen LogP contribution >= 0.6 is 0 Å². The van der Waals surface area contributed by atoms with Crippen LogP contribution in [0.2, 0.25) is 0 Å². The number of rotatable bonds is 2. The first-order valence-corrected chi connectivity index (χ1v) is 6.64. The molecule has 1 fully saturated rings. The van der Waals surface area contributed by atoms with Gasteiger partial charge in [0, 0.05) is 24.2 Å². The highest BCUT2D eigenvalue weighted by Gasteiger charge is 2.36. The van der Waals surface area contributed by atoms with Crippen molar-refractivity contribution in [2.45, 2.75) is 32.7 Å². The molecule has 0 spiro atoms. The fraction of sp³-hybridized carbons (Fsp3) is 0.467. The molecule has 2 amide bonds. The maximum absolute atomic E-state index is 12.9. The Balaban J connectivity index is 2.07. The van der Waals surface area contributed by atoms with Crippen molar-refractivity contribution in [3.8, 4) is 0 Å². The Bertz CT molecular complexity index is 520. The second-order valence-corrected chi connectivity index (χ2v) is 6.12. The van der Waals surface area contributed by atoms with Gasteiger partial charge in [0.1, 0.15) is 5.82 Å². The summed E-state index contributed by atoms with van der Waals surface area (Å²) in [6, 6.07) is 5.73. The molecule has 0 radical (unpaired) electrons. The zero-order valence-electron chi connectivity index (χ0n) is 11.9. The molecule has 0 bridgehead atoms. The van der Waals surface area contributed by atoms with E-state index in [0.717, 1.165) is 0 Å². The van der Waals surface area contributed by atoms with Crippen LogP contribution in [0.15, 0.2) is 24.3 Å². The smallest absolute Gasteiger partial charge is 0.227 e. The minimum atomic E-state index is -0.355. The van der Waals surface area contributed by atoms with Crippen LogP contribution in [0.3, 0.4) is 0 Å². The molecule has 1 aliphatic heterocycles. The van der Waals surface area contributed by atoms with Crippen LogP contribution in [0.4, 0.5) is 10.1 Å². The predicted octanol–water partition coefficient (Wildman–Crippen LogP) is 2.09. The molecule has 2 rings (SSSR count).